The van der Waals surface area contributed by atoms with Crippen molar-refractivity contribution in [3.63, 3.8) is 0 Å². The molecule has 66 valence electrons. The fourth-order valence-corrected chi connectivity index (χ4v) is 3.07. The van der Waals surface area contributed by atoms with Crippen molar-refractivity contribution in [2.24, 2.45) is 0 Å². The highest BCUT2D eigenvalue weighted by atomic mass is 32.2. The van der Waals surface area contributed by atoms with Gasteiger partial charge in [0.15, 0.2) is 0 Å². The fraction of sp³-hybridized carbons (Fsp3) is 0.667. The summed E-state index contributed by atoms with van der Waals surface area (Å²) < 4.78 is -0.255. The monoisotopic (exact) mass is 184 g/mol. The lowest BCUT2D eigenvalue weighted by Crippen LogP contribution is -2.38. The first-order valence-corrected chi connectivity index (χ1v) is 5.15. The fourth-order valence-electron chi connectivity index (χ4n) is 1.93. The Labute approximate surface area is 76.0 Å². The van der Waals surface area contributed by atoms with Crippen LogP contribution in [0.25, 0.3) is 0 Å². The lowest BCUT2D eigenvalue weighted by molar-refractivity contribution is -0.106. The predicted octanol–water partition coefficient (Wildman–Crippen LogP) is 1.49. The van der Waals surface area contributed by atoms with Crippen LogP contribution in [0.4, 0.5) is 0 Å². The topological polar surface area (TPSA) is 37.3 Å². The molecule has 0 saturated heterocycles. The highest BCUT2D eigenvalue weighted by Crippen LogP contribution is 2.45. The summed E-state index contributed by atoms with van der Waals surface area (Å²) in [5.74, 6) is 0. The molecule has 1 N–H and O–H groups in total. The maximum atomic E-state index is 11.0. The molecular formula is C9H12O2S. The Bertz CT molecular complexity index is 237. The molecule has 3 heteroatoms. The molecule has 2 nitrogen and oxygen atoms in total. The number of rotatable bonds is 0. The van der Waals surface area contributed by atoms with E-state index in [4.69, 9.17) is 0 Å². The first-order valence-electron chi connectivity index (χ1n) is 4.33. The molecular weight excluding hydrogens is 172 g/mol. The molecule has 0 bridgehead atoms. The quantitative estimate of drug-likeness (QED) is 0.619. The SMILES string of the molecule is O=C1C=CC2(CCCCC2O)S1. The van der Waals surface area contributed by atoms with Crippen LogP contribution in [0.3, 0.4) is 0 Å². The number of carbonyl (C=O) groups excluding carboxylic acids is 1. The Kier molecular flexibility index (Phi) is 2.00. The number of aliphatic hydroxyl groups excluding tert-OH is 1. The van der Waals surface area contributed by atoms with E-state index >= 15 is 0 Å². The maximum absolute atomic E-state index is 11.0. The maximum Gasteiger partial charge on any atom is 0.212 e. The molecule has 1 saturated carbocycles. The second-order valence-electron chi connectivity index (χ2n) is 3.47. The van der Waals surface area contributed by atoms with E-state index in [-0.39, 0.29) is 16.0 Å². The summed E-state index contributed by atoms with van der Waals surface area (Å²) in [6.45, 7) is 0. The third-order valence-corrected chi connectivity index (χ3v) is 3.98. The lowest BCUT2D eigenvalue weighted by atomic mass is 9.85. The summed E-state index contributed by atoms with van der Waals surface area (Å²) in [6, 6.07) is 0. The summed E-state index contributed by atoms with van der Waals surface area (Å²) in [6.07, 6.45) is 7.17. The standard InChI is InChI=1S/C9H12O2S/c10-7-3-1-2-5-9(7)6-4-8(11)12-9/h4,6-7,10H,1-3,5H2. The summed E-state index contributed by atoms with van der Waals surface area (Å²) >= 11 is 1.30. The van der Waals surface area contributed by atoms with Crippen molar-refractivity contribution < 1.29 is 9.90 Å². The van der Waals surface area contributed by atoms with Crippen molar-refractivity contribution in [3.8, 4) is 0 Å². The predicted molar refractivity (Wildman–Crippen MR) is 48.9 cm³/mol. The Balaban J connectivity index is 2.19. The molecule has 2 unspecified atom stereocenters. The number of aliphatic hydroxyl groups is 1. The van der Waals surface area contributed by atoms with E-state index in [1.807, 2.05) is 6.08 Å². The number of carbonyl (C=O) groups is 1. The Morgan fingerprint density at radius 1 is 1.58 bits per heavy atom. The van der Waals surface area contributed by atoms with Gasteiger partial charge in [-0.1, -0.05) is 30.7 Å². The largest absolute Gasteiger partial charge is 0.391 e. The molecule has 0 radical (unpaired) electrons. The van der Waals surface area contributed by atoms with Crippen LogP contribution in [0.5, 0.6) is 0 Å². The second kappa shape index (κ2) is 2.89. The summed E-state index contributed by atoms with van der Waals surface area (Å²) in [5.41, 5.74) is 0. The normalized spacial score (nSPS) is 41.1. The van der Waals surface area contributed by atoms with E-state index < -0.39 is 0 Å². The highest BCUT2D eigenvalue weighted by Gasteiger charge is 2.42. The van der Waals surface area contributed by atoms with E-state index in [0.717, 1.165) is 25.7 Å². The molecule has 12 heavy (non-hydrogen) atoms. The summed E-state index contributed by atoms with van der Waals surface area (Å²) in [5, 5.41) is 9.85. The second-order valence-corrected chi connectivity index (χ2v) is 4.84. The average molecular weight is 184 g/mol. The van der Waals surface area contributed by atoms with Gasteiger partial charge in [0.1, 0.15) is 0 Å². The lowest BCUT2D eigenvalue weighted by Gasteiger charge is -2.35. The zero-order chi connectivity index (χ0) is 8.60. The average Bonchev–Trinajstić information content (AvgIpc) is 2.41. The minimum atomic E-state index is -0.320. The van der Waals surface area contributed by atoms with Crippen LogP contribution in [-0.4, -0.2) is 21.1 Å². The first-order chi connectivity index (χ1) is 5.73. The van der Waals surface area contributed by atoms with Gasteiger partial charge >= 0.3 is 0 Å². The first kappa shape index (κ1) is 8.32. The third-order valence-electron chi connectivity index (χ3n) is 2.65. The van der Waals surface area contributed by atoms with Gasteiger partial charge in [0.2, 0.25) is 5.12 Å². The molecule has 1 aliphatic heterocycles. The van der Waals surface area contributed by atoms with Crippen molar-refractivity contribution in [1.82, 2.24) is 0 Å². The Hall–Kier alpha value is -0.280. The van der Waals surface area contributed by atoms with Gasteiger partial charge in [-0.25, -0.2) is 0 Å². The molecule has 0 amide bonds. The number of hydrogen-bond donors (Lipinski definition) is 1. The van der Waals surface area contributed by atoms with E-state index in [1.165, 1.54) is 11.8 Å². The van der Waals surface area contributed by atoms with Crippen molar-refractivity contribution in [3.05, 3.63) is 12.2 Å². The molecule has 1 fully saturated rings. The van der Waals surface area contributed by atoms with Crippen LogP contribution in [-0.2, 0) is 4.79 Å². The van der Waals surface area contributed by atoms with Gasteiger partial charge in [0, 0.05) is 0 Å². The van der Waals surface area contributed by atoms with Crippen LogP contribution < -0.4 is 0 Å². The molecule has 0 aromatic carbocycles. The molecule has 2 aliphatic rings. The van der Waals surface area contributed by atoms with E-state index in [1.54, 1.807) is 6.08 Å². The van der Waals surface area contributed by atoms with E-state index in [0.29, 0.717) is 0 Å². The van der Waals surface area contributed by atoms with Gasteiger partial charge in [-0.05, 0) is 18.9 Å². The Morgan fingerprint density at radius 2 is 2.42 bits per heavy atom. The van der Waals surface area contributed by atoms with Gasteiger partial charge in [-0.3, -0.25) is 4.79 Å². The van der Waals surface area contributed by atoms with Gasteiger partial charge in [-0.15, -0.1) is 0 Å². The highest BCUT2D eigenvalue weighted by molar-refractivity contribution is 8.15. The molecule has 0 aromatic heterocycles. The van der Waals surface area contributed by atoms with Crippen molar-refractivity contribution in [2.45, 2.75) is 36.5 Å². The zero-order valence-electron chi connectivity index (χ0n) is 6.82. The minimum absolute atomic E-state index is 0.0935. The van der Waals surface area contributed by atoms with Crippen molar-refractivity contribution in [1.29, 1.82) is 0 Å². The van der Waals surface area contributed by atoms with Crippen molar-refractivity contribution >= 4 is 16.9 Å². The Morgan fingerprint density at radius 3 is 3.00 bits per heavy atom. The molecule has 1 aliphatic carbocycles. The van der Waals surface area contributed by atoms with Crippen LogP contribution in [0, 0.1) is 0 Å². The third kappa shape index (κ3) is 1.21. The van der Waals surface area contributed by atoms with Crippen LogP contribution in [0.15, 0.2) is 12.2 Å². The summed E-state index contributed by atoms with van der Waals surface area (Å²) in [4.78, 5) is 11.0. The van der Waals surface area contributed by atoms with Gasteiger partial charge in [0.25, 0.3) is 0 Å². The number of hydrogen-bond acceptors (Lipinski definition) is 3. The minimum Gasteiger partial charge on any atom is -0.391 e. The zero-order valence-corrected chi connectivity index (χ0v) is 7.64. The van der Waals surface area contributed by atoms with Gasteiger partial charge in [-0.2, -0.15) is 0 Å². The van der Waals surface area contributed by atoms with Crippen LogP contribution in [0.1, 0.15) is 25.7 Å². The van der Waals surface area contributed by atoms with Gasteiger partial charge in [0.05, 0.1) is 10.9 Å². The molecule has 2 rings (SSSR count). The van der Waals surface area contributed by atoms with E-state index in [2.05, 4.69) is 0 Å². The summed E-state index contributed by atoms with van der Waals surface area (Å²) in [7, 11) is 0. The smallest absolute Gasteiger partial charge is 0.212 e. The van der Waals surface area contributed by atoms with Crippen LogP contribution in [0.2, 0.25) is 0 Å². The van der Waals surface area contributed by atoms with Crippen molar-refractivity contribution in [2.75, 3.05) is 0 Å². The number of thioether (sulfide) groups is 1. The van der Waals surface area contributed by atoms with Crippen LogP contribution >= 0.6 is 11.8 Å². The molecule has 1 heterocycles. The van der Waals surface area contributed by atoms with Gasteiger partial charge < -0.3 is 5.11 Å². The molecule has 2 atom stereocenters. The molecule has 1 spiro atoms. The van der Waals surface area contributed by atoms with E-state index in [9.17, 15) is 9.90 Å². The molecule has 0 aromatic rings.